The molecule has 4 rings (SSSR count). The van der Waals surface area contributed by atoms with E-state index in [1.165, 1.54) is 18.5 Å². The van der Waals surface area contributed by atoms with Crippen molar-refractivity contribution in [3.05, 3.63) is 72.2 Å². The first kappa shape index (κ1) is 16.9. The first-order chi connectivity index (χ1) is 12.8. The van der Waals surface area contributed by atoms with Gasteiger partial charge >= 0.3 is 0 Å². The van der Waals surface area contributed by atoms with Gasteiger partial charge in [0.25, 0.3) is 0 Å². The molecular weight excluding hydrogens is 322 g/mol. The van der Waals surface area contributed by atoms with E-state index in [1.807, 2.05) is 24.7 Å². The number of pyridine rings is 2. The van der Waals surface area contributed by atoms with Gasteiger partial charge in [-0.05, 0) is 43.7 Å². The van der Waals surface area contributed by atoms with E-state index in [9.17, 15) is 0 Å². The SMILES string of the molecule is CCc1nccn1-c1cccc([C@@H]2CCCN(Cc3ccccn3)C2)n1. The number of hydrogen-bond acceptors (Lipinski definition) is 4. The third kappa shape index (κ3) is 3.68. The minimum Gasteiger partial charge on any atom is -0.297 e. The molecule has 0 spiro atoms. The van der Waals surface area contributed by atoms with E-state index < -0.39 is 0 Å². The van der Waals surface area contributed by atoms with Crippen LogP contribution in [0.2, 0.25) is 0 Å². The van der Waals surface area contributed by atoms with Crippen molar-refractivity contribution >= 4 is 0 Å². The number of aromatic nitrogens is 4. The van der Waals surface area contributed by atoms with Crippen LogP contribution in [0.1, 0.15) is 42.9 Å². The third-order valence-electron chi connectivity index (χ3n) is 5.07. The van der Waals surface area contributed by atoms with E-state index in [2.05, 4.69) is 56.7 Å². The smallest absolute Gasteiger partial charge is 0.138 e. The Balaban J connectivity index is 1.51. The summed E-state index contributed by atoms with van der Waals surface area (Å²) < 4.78 is 2.10. The minimum absolute atomic E-state index is 0.473. The molecule has 0 aromatic carbocycles. The second kappa shape index (κ2) is 7.79. The van der Waals surface area contributed by atoms with Gasteiger partial charge in [-0.1, -0.05) is 19.1 Å². The van der Waals surface area contributed by atoms with Crippen LogP contribution < -0.4 is 0 Å². The fourth-order valence-electron chi connectivity index (χ4n) is 3.77. The van der Waals surface area contributed by atoms with Crippen LogP contribution in [0.4, 0.5) is 0 Å². The highest BCUT2D eigenvalue weighted by Crippen LogP contribution is 2.27. The number of aryl methyl sites for hydroxylation is 1. The fraction of sp³-hybridized carbons (Fsp3) is 0.381. The van der Waals surface area contributed by atoms with Crippen molar-refractivity contribution in [3.8, 4) is 5.82 Å². The Morgan fingerprint density at radius 2 is 2.04 bits per heavy atom. The number of imidazole rings is 1. The molecule has 5 nitrogen and oxygen atoms in total. The Hall–Kier alpha value is -2.53. The van der Waals surface area contributed by atoms with Crippen LogP contribution in [-0.2, 0) is 13.0 Å². The maximum atomic E-state index is 4.97. The van der Waals surface area contributed by atoms with Crippen molar-refractivity contribution in [2.75, 3.05) is 13.1 Å². The predicted octanol–water partition coefficient (Wildman–Crippen LogP) is 3.60. The maximum absolute atomic E-state index is 4.97. The molecule has 26 heavy (non-hydrogen) atoms. The molecule has 3 aromatic heterocycles. The lowest BCUT2D eigenvalue weighted by Gasteiger charge is -2.32. The fourth-order valence-corrected chi connectivity index (χ4v) is 3.77. The topological polar surface area (TPSA) is 46.8 Å². The van der Waals surface area contributed by atoms with E-state index >= 15 is 0 Å². The molecule has 0 aliphatic carbocycles. The van der Waals surface area contributed by atoms with Gasteiger partial charge < -0.3 is 0 Å². The van der Waals surface area contributed by atoms with Crippen molar-refractivity contribution in [2.45, 2.75) is 38.6 Å². The summed E-state index contributed by atoms with van der Waals surface area (Å²) in [6.07, 6.45) is 9.02. The Kier molecular flexibility index (Phi) is 5.07. The van der Waals surface area contributed by atoms with Crippen molar-refractivity contribution in [2.24, 2.45) is 0 Å². The van der Waals surface area contributed by atoms with Gasteiger partial charge in [0.2, 0.25) is 0 Å². The van der Waals surface area contributed by atoms with Crippen molar-refractivity contribution < 1.29 is 0 Å². The molecule has 1 saturated heterocycles. The molecule has 1 atom stereocenters. The largest absolute Gasteiger partial charge is 0.297 e. The summed E-state index contributed by atoms with van der Waals surface area (Å²) in [4.78, 5) is 16.4. The van der Waals surface area contributed by atoms with Gasteiger partial charge in [-0.15, -0.1) is 0 Å². The summed E-state index contributed by atoms with van der Waals surface area (Å²) in [6, 6.07) is 12.5. The average Bonchev–Trinajstić information content (AvgIpc) is 3.18. The molecule has 0 radical (unpaired) electrons. The lowest BCUT2D eigenvalue weighted by molar-refractivity contribution is 0.196. The van der Waals surface area contributed by atoms with Crippen LogP contribution in [0.25, 0.3) is 5.82 Å². The monoisotopic (exact) mass is 347 g/mol. The number of hydrogen-bond donors (Lipinski definition) is 0. The molecule has 1 aliphatic rings. The van der Waals surface area contributed by atoms with Crippen LogP contribution in [0.5, 0.6) is 0 Å². The Morgan fingerprint density at radius 1 is 1.08 bits per heavy atom. The van der Waals surface area contributed by atoms with Gasteiger partial charge in [-0.25, -0.2) is 9.97 Å². The third-order valence-corrected chi connectivity index (χ3v) is 5.07. The standard InChI is InChI=1S/C21H25N5/c1-2-20-23-12-14-26(20)21-10-5-9-19(24-21)17-7-6-13-25(15-17)16-18-8-3-4-11-22-18/h3-5,8-12,14,17H,2,6-7,13,15-16H2,1H3/t17-/m1/s1. The number of piperidine rings is 1. The molecule has 1 aliphatic heterocycles. The van der Waals surface area contributed by atoms with Gasteiger partial charge in [0.15, 0.2) is 0 Å². The van der Waals surface area contributed by atoms with Gasteiger partial charge in [0, 0.05) is 49.7 Å². The minimum atomic E-state index is 0.473. The second-order valence-corrected chi connectivity index (χ2v) is 6.88. The zero-order chi connectivity index (χ0) is 17.8. The summed E-state index contributed by atoms with van der Waals surface area (Å²) in [7, 11) is 0. The van der Waals surface area contributed by atoms with Crippen LogP contribution in [-0.4, -0.2) is 37.5 Å². The average molecular weight is 347 g/mol. The molecule has 0 saturated carbocycles. The highest BCUT2D eigenvalue weighted by molar-refractivity contribution is 5.28. The van der Waals surface area contributed by atoms with E-state index in [0.717, 1.165) is 43.4 Å². The van der Waals surface area contributed by atoms with E-state index in [1.54, 1.807) is 0 Å². The molecule has 134 valence electrons. The maximum Gasteiger partial charge on any atom is 0.138 e. The molecule has 0 amide bonds. The van der Waals surface area contributed by atoms with Gasteiger partial charge in [-0.3, -0.25) is 14.5 Å². The molecular formula is C21H25N5. The highest BCUT2D eigenvalue weighted by Gasteiger charge is 2.23. The predicted molar refractivity (Wildman–Crippen MR) is 102 cm³/mol. The van der Waals surface area contributed by atoms with E-state index in [0.29, 0.717) is 5.92 Å². The quantitative estimate of drug-likeness (QED) is 0.707. The number of nitrogens with zero attached hydrogens (tertiary/aromatic N) is 5. The highest BCUT2D eigenvalue weighted by atomic mass is 15.1. The molecule has 1 fully saturated rings. The van der Waals surface area contributed by atoms with Crippen LogP contribution in [0.3, 0.4) is 0 Å². The summed E-state index contributed by atoms with van der Waals surface area (Å²) in [5.41, 5.74) is 2.32. The van der Waals surface area contributed by atoms with Crippen LogP contribution in [0, 0.1) is 0 Å². The zero-order valence-electron chi connectivity index (χ0n) is 15.3. The molecule has 3 aromatic rings. The van der Waals surface area contributed by atoms with Gasteiger partial charge in [0.05, 0.1) is 5.69 Å². The number of likely N-dealkylation sites (tertiary alicyclic amines) is 1. The van der Waals surface area contributed by atoms with Crippen molar-refractivity contribution in [1.82, 2.24) is 24.4 Å². The Labute approximate surface area is 154 Å². The van der Waals surface area contributed by atoms with Crippen LogP contribution >= 0.6 is 0 Å². The lowest BCUT2D eigenvalue weighted by atomic mass is 9.94. The molecule has 4 heterocycles. The molecule has 0 bridgehead atoms. The van der Waals surface area contributed by atoms with E-state index in [4.69, 9.17) is 4.98 Å². The van der Waals surface area contributed by atoms with Crippen molar-refractivity contribution in [1.29, 1.82) is 0 Å². The number of rotatable bonds is 5. The molecule has 0 unspecified atom stereocenters. The molecule has 5 heteroatoms. The first-order valence-electron chi connectivity index (χ1n) is 9.45. The summed E-state index contributed by atoms with van der Waals surface area (Å²) >= 11 is 0. The Morgan fingerprint density at radius 3 is 2.88 bits per heavy atom. The van der Waals surface area contributed by atoms with Crippen molar-refractivity contribution in [3.63, 3.8) is 0 Å². The van der Waals surface area contributed by atoms with E-state index in [-0.39, 0.29) is 0 Å². The van der Waals surface area contributed by atoms with Gasteiger partial charge in [-0.2, -0.15) is 0 Å². The zero-order valence-corrected chi connectivity index (χ0v) is 15.3. The first-order valence-corrected chi connectivity index (χ1v) is 9.45. The van der Waals surface area contributed by atoms with Gasteiger partial charge in [0.1, 0.15) is 11.6 Å². The summed E-state index contributed by atoms with van der Waals surface area (Å²) in [5, 5.41) is 0. The molecule has 0 N–H and O–H groups in total. The van der Waals surface area contributed by atoms with Crippen LogP contribution in [0.15, 0.2) is 55.0 Å². The summed E-state index contributed by atoms with van der Waals surface area (Å²) in [5.74, 6) is 2.50. The second-order valence-electron chi connectivity index (χ2n) is 6.88. The lowest BCUT2D eigenvalue weighted by Crippen LogP contribution is -2.34. The normalized spacial score (nSPS) is 18.1. The Bertz CT molecular complexity index is 842. The summed E-state index contributed by atoms with van der Waals surface area (Å²) in [6.45, 7) is 5.21.